The highest BCUT2D eigenvalue weighted by Crippen LogP contribution is 2.30. The first-order valence-corrected chi connectivity index (χ1v) is 12.9. The van der Waals surface area contributed by atoms with Gasteiger partial charge in [-0.2, -0.15) is 0 Å². The van der Waals surface area contributed by atoms with Crippen molar-refractivity contribution < 1.29 is 4.79 Å². The van der Waals surface area contributed by atoms with Crippen molar-refractivity contribution in [1.29, 1.82) is 0 Å². The molecular formula is C31H39N3O. The van der Waals surface area contributed by atoms with Gasteiger partial charge in [0.1, 0.15) is 0 Å². The van der Waals surface area contributed by atoms with E-state index in [1.165, 1.54) is 17.8 Å². The van der Waals surface area contributed by atoms with Crippen LogP contribution in [0.1, 0.15) is 55.1 Å². The van der Waals surface area contributed by atoms with Gasteiger partial charge in [0.25, 0.3) is 5.91 Å². The number of hydrogen-bond donors (Lipinski definition) is 1. The van der Waals surface area contributed by atoms with Gasteiger partial charge in [0.2, 0.25) is 0 Å². The smallest absolute Gasteiger partial charge is 0.256 e. The second kappa shape index (κ2) is 11.1. The summed E-state index contributed by atoms with van der Waals surface area (Å²) in [6.07, 6.45) is 0. The van der Waals surface area contributed by atoms with Crippen LogP contribution in [0.4, 0.5) is 11.4 Å². The molecule has 0 spiro atoms. The van der Waals surface area contributed by atoms with E-state index in [0.717, 1.165) is 48.6 Å². The van der Waals surface area contributed by atoms with Crippen molar-refractivity contribution in [3.8, 4) is 11.1 Å². The van der Waals surface area contributed by atoms with E-state index < -0.39 is 0 Å². The van der Waals surface area contributed by atoms with Crippen molar-refractivity contribution in [2.75, 3.05) is 42.9 Å². The van der Waals surface area contributed by atoms with Crippen LogP contribution in [0.2, 0.25) is 0 Å². The van der Waals surface area contributed by atoms with E-state index in [1.807, 2.05) is 24.3 Å². The fourth-order valence-electron chi connectivity index (χ4n) is 4.93. The first-order valence-electron chi connectivity index (χ1n) is 12.9. The number of hydrogen-bond acceptors (Lipinski definition) is 3. The monoisotopic (exact) mass is 469 g/mol. The quantitative estimate of drug-likeness (QED) is 0.413. The zero-order valence-electron chi connectivity index (χ0n) is 21.8. The minimum Gasteiger partial charge on any atom is -0.369 e. The van der Waals surface area contributed by atoms with Crippen molar-refractivity contribution in [2.45, 2.75) is 40.5 Å². The number of nitrogens with one attached hydrogen (secondary N) is 1. The molecule has 1 aliphatic heterocycles. The first kappa shape index (κ1) is 25.0. The molecule has 0 atom stereocenters. The Morgan fingerprint density at radius 3 is 2.11 bits per heavy atom. The Kier molecular flexibility index (Phi) is 7.92. The molecule has 3 aromatic rings. The summed E-state index contributed by atoms with van der Waals surface area (Å²) >= 11 is 0. The third-order valence-corrected chi connectivity index (χ3v) is 6.87. The Morgan fingerprint density at radius 2 is 1.51 bits per heavy atom. The highest BCUT2D eigenvalue weighted by molar-refractivity contribution is 6.09. The third kappa shape index (κ3) is 6.12. The Hall–Kier alpha value is -3.11. The number of anilines is 2. The predicted octanol–water partition coefficient (Wildman–Crippen LogP) is 6.82. The van der Waals surface area contributed by atoms with E-state index in [2.05, 4.69) is 92.2 Å². The molecule has 1 fully saturated rings. The maximum Gasteiger partial charge on any atom is 0.256 e. The van der Waals surface area contributed by atoms with Crippen LogP contribution in [0.5, 0.6) is 0 Å². The standard InChI is InChI=1S/C31H39N3O/c1-22(2)21-33-17-19-34(20-18-33)28-15-13-27(14-16-28)32-31(35)29-8-6-7-24(5)30(29)26-11-9-25(10-12-26)23(3)4/h6-16,22-23H,17-21H2,1-5H3,(H,32,35). The lowest BCUT2D eigenvalue weighted by atomic mass is 9.92. The van der Waals surface area contributed by atoms with Crippen molar-refractivity contribution in [3.05, 3.63) is 83.4 Å². The molecule has 0 aromatic heterocycles. The molecule has 184 valence electrons. The minimum absolute atomic E-state index is 0.0771. The molecule has 4 nitrogen and oxygen atoms in total. The van der Waals surface area contributed by atoms with Crippen molar-refractivity contribution in [1.82, 2.24) is 4.90 Å². The van der Waals surface area contributed by atoms with Gasteiger partial charge < -0.3 is 10.2 Å². The molecule has 4 rings (SSSR count). The molecule has 0 radical (unpaired) electrons. The molecule has 0 unspecified atom stereocenters. The molecule has 1 amide bonds. The summed E-state index contributed by atoms with van der Waals surface area (Å²) in [6, 6.07) is 22.8. The van der Waals surface area contributed by atoms with Crippen LogP contribution in [0, 0.1) is 12.8 Å². The van der Waals surface area contributed by atoms with Gasteiger partial charge in [-0.25, -0.2) is 0 Å². The fourth-order valence-corrected chi connectivity index (χ4v) is 4.93. The van der Waals surface area contributed by atoms with Gasteiger partial charge in [-0.15, -0.1) is 0 Å². The third-order valence-electron chi connectivity index (χ3n) is 6.87. The minimum atomic E-state index is -0.0771. The van der Waals surface area contributed by atoms with Gasteiger partial charge in [0, 0.05) is 49.7 Å². The largest absolute Gasteiger partial charge is 0.369 e. The Labute approximate surface area is 211 Å². The van der Waals surface area contributed by atoms with Crippen molar-refractivity contribution >= 4 is 17.3 Å². The molecule has 4 heteroatoms. The summed E-state index contributed by atoms with van der Waals surface area (Å²) in [5.74, 6) is 1.11. The van der Waals surface area contributed by atoms with Gasteiger partial charge in [-0.05, 0) is 71.3 Å². The van der Waals surface area contributed by atoms with E-state index in [0.29, 0.717) is 17.4 Å². The van der Waals surface area contributed by atoms with E-state index in [1.54, 1.807) is 0 Å². The SMILES string of the molecule is Cc1cccc(C(=O)Nc2ccc(N3CCN(CC(C)C)CC3)cc2)c1-c1ccc(C(C)C)cc1. The topological polar surface area (TPSA) is 35.6 Å². The van der Waals surface area contributed by atoms with Crippen LogP contribution < -0.4 is 10.2 Å². The number of aryl methyl sites for hydroxylation is 1. The highest BCUT2D eigenvalue weighted by atomic mass is 16.1. The first-order chi connectivity index (χ1) is 16.8. The second-order valence-electron chi connectivity index (χ2n) is 10.5. The summed E-state index contributed by atoms with van der Waals surface area (Å²) in [5, 5.41) is 3.12. The van der Waals surface area contributed by atoms with E-state index >= 15 is 0 Å². The van der Waals surface area contributed by atoms with Crippen molar-refractivity contribution in [2.24, 2.45) is 5.92 Å². The fraction of sp³-hybridized carbons (Fsp3) is 0.387. The zero-order chi connectivity index (χ0) is 24.9. The lowest BCUT2D eigenvalue weighted by molar-refractivity contribution is 0.102. The van der Waals surface area contributed by atoms with Crippen molar-refractivity contribution in [3.63, 3.8) is 0 Å². The van der Waals surface area contributed by atoms with E-state index in [-0.39, 0.29) is 5.91 Å². The van der Waals surface area contributed by atoms with Crippen LogP contribution in [-0.2, 0) is 0 Å². The normalized spacial score (nSPS) is 14.5. The van der Waals surface area contributed by atoms with Gasteiger partial charge in [0.05, 0.1) is 0 Å². The highest BCUT2D eigenvalue weighted by Gasteiger charge is 2.19. The Balaban J connectivity index is 1.45. The molecule has 1 N–H and O–H groups in total. The molecule has 0 aliphatic carbocycles. The summed E-state index contributed by atoms with van der Waals surface area (Å²) in [5.41, 5.74) is 7.21. The predicted molar refractivity (Wildman–Crippen MR) is 149 cm³/mol. The van der Waals surface area contributed by atoms with Gasteiger partial charge >= 0.3 is 0 Å². The number of benzene rings is 3. The summed E-state index contributed by atoms with van der Waals surface area (Å²) < 4.78 is 0. The average molecular weight is 470 g/mol. The van der Waals surface area contributed by atoms with Crippen LogP contribution in [0.3, 0.4) is 0 Å². The van der Waals surface area contributed by atoms with E-state index in [9.17, 15) is 4.79 Å². The van der Waals surface area contributed by atoms with Gasteiger partial charge in [-0.1, -0.05) is 64.1 Å². The molecule has 1 saturated heterocycles. The maximum absolute atomic E-state index is 13.3. The molecule has 3 aromatic carbocycles. The molecule has 1 aliphatic rings. The maximum atomic E-state index is 13.3. The number of carbonyl (C=O) groups is 1. The number of piperazine rings is 1. The van der Waals surface area contributed by atoms with Crippen LogP contribution in [0.15, 0.2) is 66.7 Å². The van der Waals surface area contributed by atoms with Crippen LogP contribution >= 0.6 is 0 Å². The second-order valence-corrected chi connectivity index (χ2v) is 10.5. The van der Waals surface area contributed by atoms with Crippen LogP contribution in [-0.4, -0.2) is 43.5 Å². The molecular weight excluding hydrogens is 430 g/mol. The van der Waals surface area contributed by atoms with E-state index in [4.69, 9.17) is 0 Å². The Bertz CT molecular complexity index is 1120. The van der Waals surface area contributed by atoms with Gasteiger partial charge in [-0.3, -0.25) is 9.69 Å². The molecule has 1 heterocycles. The summed E-state index contributed by atoms with van der Waals surface area (Å²) in [6.45, 7) is 16.5. The Morgan fingerprint density at radius 1 is 0.857 bits per heavy atom. The number of carbonyl (C=O) groups excluding carboxylic acids is 1. The molecule has 35 heavy (non-hydrogen) atoms. The lowest BCUT2D eigenvalue weighted by Crippen LogP contribution is -2.47. The number of rotatable bonds is 7. The zero-order valence-corrected chi connectivity index (χ0v) is 21.8. The van der Waals surface area contributed by atoms with Gasteiger partial charge in [0.15, 0.2) is 0 Å². The summed E-state index contributed by atoms with van der Waals surface area (Å²) in [4.78, 5) is 18.3. The number of amides is 1. The average Bonchev–Trinajstić information content (AvgIpc) is 2.84. The van der Waals surface area contributed by atoms with Crippen LogP contribution in [0.25, 0.3) is 11.1 Å². The lowest BCUT2D eigenvalue weighted by Gasteiger charge is -2.36. The molecule has 0 bridgehead atoms. The molecule has 0 saturated carbocycles. The summed E-state index contributed by atoms with van der Waals surface area (Å²) in [7, 11) is 0. The number of nitrogens with zero attached hydrogens (tertiary/aromatic N) is 2.